The molecule has 0 N–H and O–H groups in total. The van der Waals surface area contributed by atoms with Gasteiger partial charge in [0.2, 0.25) is 5.91 Å². The monoisotopic (exact) mass is 427 g/mol. The van der Waals surface area contributed by atoms with E-state index in [0.29, 0.717) is 24.1 Å². The summed E-state index contributed by atoms with van der Waals surface area (Å²) < 4.78 is 41.2. The Morgan fingerprint density at radius 2 is 1.71 bits per heavy atom. The van der Waals surface area contributed by atoms with Gasteiger partial charge in [0.25, 0.3) is 0 Å². The number of hydrogen-bond donors (Lipinski definition) is 0. The summed E-state index contributed by atoms with van der Waals surface area (Å²) in [6.07, 6.45) is -3.99. The molecule has 1 unspecified atom stereocenters. The molecule has 1 aliphatic carbocycles. The van der Waals surface area contributed by atoms with Crippen LogP contribution < -0.4 is 4.90 Å². The molecule has 6 heteroatoms. The van der Waals surface area contributed by atoms with Crippen LogP contribution in [-0.4, -0.2) is 11.7 Å². The second-order valence-corrected chi connectivity index (χ2v) is 9.22. The van der Waals surface area contributed by atoms with Crippen LogP contribution >= 0.6 is 0 Å². The summed E-state index contributed by atoms with van der Waals surface area (Å²) >= 11 is 0. The molecule has 1 amide bonds. The Hall–Kier alpha value is -2.89. The zero-order valence-corrected chi connectivity index (χ0v) is 17.7. The lowest BCUT2D eigenvalue weighted by atomic mass is 9.69. The van der Waals surface area contributed by atoms with Crippen molar-refractivity contribution < 1.29 is 22.8 Å². The molecule has 2 aliphatic rings. The summed E-state index contributed by atoms with van der Waals surface area (Å²) in [4.78, 5) is 27.7. The number of allylic oxidation sites excluding steroid dienone is 2. The van der Waals surface area contributed by atoms with Crippen LogP contribution in [0.2, 0.25) is 0 Å². The zero-order valence-electron chi connectivity index (χ0n) is 17.7. The Morgan fingerprint density at radius 3 is 2.39 bits per heavy atom. The average Bonchev–Trinajstić information content (AvgIpc) is 2.65. The second kappa shape index (κ2) is 7.36. The van der Waals surface area contributed by atoms with E-state index in [1.807, 2.05) is 45.0 Å². The standard InChI is InChI=1S/C25H24F3NO2/c1-15-7-6-8-16(11-15)17-12-22(31)29(19-10-5-4-9-18(19)25(26,27)28)20-13-24(2,3)14-21(30)23(17)20/h4-11,17H,12-14H2,1-3H3. The fourth-order valence-corrected chi connectivity index (χ4v) is 4.77. The van der Waals surface area contributed by atoms with Gasteiger partial charge < -0.3 is 0 Å². The first-order valence-electron chi connectivity index (χ1n) is 10.3. The molecule has 0 saturated heterocycles. The molecule has 31 heavy (non-hydrogen) atoms. The van der Waals surface area contributed by atoms with Gasteiger partial charge in [-0.3, -0.25) is 14.5 Å². The number of Topliss-reactive ketones (excluding diaryl/α,β-unsaturated/α-hetero) is 1. The van der Waals surface area contributed by atoms with Gasteiger partial charge >= 0.3 is 6.18 Å². The van der Waals surface area contributed by atoms with Crippen LogP contribution in [0.4, 0.5) is 18.9 Å². The van der Waals surface area contributed by atoms with Gasteiger partial charge in [-0.15, -0.1) is 0 Å². The van der Waals surface area contributed by atoms with E-state index in [-0.39, 0.29) is 17.9 Å². The molecular formula is C25H24F3NO2. The summed E-state index contributed by atoms with van der Waals surface area (Å²) in [7, 11) is 0. The average molecular weight is 427 g/mol. The number of alkyl halides is 3. The van der Waals surface area contributed by atoms with Gasteiger partial charge in [-0.05, 0) is 36.5 Å². The van der Waals surface area contributed by atoms with E-state index in [4.69, 9.17) is 0 Å². The molecular weight excluding hydrogens is 403 g/mol. The van der Waals surface area contributed by atoms with Crippen LogP contribution in [0.15, 0.2) is 59.8 Å². The fourth-order valence-electron chi connectivity index (χ4n) is 4.77. The smallest absolute Gasteiger partial charge is 0.294 e. The number of anilines is 1. The molecule has 0 radical (unpaired) electrons. The van der Waals surface area contributed by atoms with E-state index >= 15 is 0 Å². The van der Waals surface area contributed by atoms with E-state index < -0.39 is 29.0 Å². The third-order valence-corrected chi connectivity index (χ3v) is 6.04. The molecule has 4 rings (SSSR count). The maximum Gasteiger partial charge on any atom is 0.418 e. The van der Waals surface area contributed by atoms with Gasteiger partial charge in [-0.2, -0.15) is 13.2 Å². The SMILES string of the molecule is Cc1cccc(C2CC(=O)N(c3ccccc3C(F)(F)F)C3=C2C(=O)CC(C)(C)C3)c1. The third-order valence-electron chi connectivity index (χ3n) is 6.04. The van der Waals surface area contributed by atoms with E-state index in [2.05, 4.69) is 0 Å². The number of amides is 1. The fraction of sp³-hybridized carbons (Fsp3) is 0.360. The molecule has 1 aliphatic heterocycles. The van der Waals surface area contributed by atoms with Gasteiger partial charge in [0.15, 0.2) is 5.78 Å². The molecule has 0 fully saturated rings. The van der Waals surface area contributed by atoms with Crippen molar-refractivity contribution in [1.29, 1.82) is 0 Å². The lowest BCUT2D eigenvalue weighted by Gasteiger charge is -2.43. The second-order valence-electron chi connectivity index (χ2n) is 9.22. The zero-order chi connectivity index (χ0) is 22.6. The van der Waals surface area contributed by atoms with E-state index in [1.54, 1.807) is 0 Å². The van der Waals surface area contributed by atoms with Crippen molar-refractivity contribution in [3.05, 3.63) is 76.5 Å². The predicted molar refractivity (Wildman–Crippen MR) is 113 cm³/mol. The Morgan fingerprint density at radius 1 is 1.00 bits per heavy atom. The first kappa shape index (κ1) is 21.3. The van der Waals surface area contributed by atoms with Crippen molar-refractivity contribution >= 4 is 17.4 Å². The largest absolute Gasteiger partial charge is 0.418 e. The molecule has 162 valence electrons. The molecule has 0 spiro atoms. The maximum atomic E-state index is 13.7. The lowest BCUT2D eigenvalue weighted by molar-refractivity contribution is -0.137. The number of ketones is 1. The maximum absolute atomic E-state index is 13.7. The van der Waals surface area contributed by atoms with Crippen molar-refractivity contribution in [3.8, 4) is 0 Å². The number of aryl methyl sites for hydroxylation is 1. The third kappa shape index (κ3) is 3.91. The van der Waals surface area contributed by atoms with Crippen molar-refractivity contribution in [1.82, 2.24) is 0 Å². The highest BCUT2D eigenvalue weighted by molar-refractivity contribution is 6.08. The molecule has 0 aromatic heterocycles. The first-order chi connectivity index (χ1) is 14.5. The molecule has 2 aromatic carbocycles. The number of benzene rings is 2. The molecule has 1 heterocycles. The van der Waals surface area contributed by atoms with E-state index in [0.717, 1.165) is 22.1 Å². The number of para-hydroxylation sites is 1. The number of halogens is 3. The van der Waals surface area contributed by atoms with Gasteiger partial charge in [0.05, 0.1) is 11.3 Å². The summed E-state index contributed by atoms with van der Waals surface area (Å²) in [6.45, 7) is 5.74. The highest BCUT2D eigenvalue weighted by Gasteiger charge is 2.46. The summed E-state index contributed by atoms with van der Waals surface area (Å²) in [5, 5.41) is 0. The molecule has 0 saturated carbocycles. The number of hydrogen-bond acceptors (Lipinski definition) is 2. The van der Waals surface area contributed by atoms with Gasteiger partial charge in [0.1, 0.15) is 0 Å². The normalized spacial score (nSPS) is 21.4. The van der Waals surface area contributed by atoms with Crippen molar-refractivity contribution in [2.45, 2.75) is 52.1 Å². The minimum absolute atomic E-state index is 0.0410. The van der Waals surface area contributed by atoms with Crippen LogP contribution in [-0.2, 0) is 15.8 Å². The van der Waals surface area contributed by atoms with Crippen LogP contribution in [0.25, 0.3) is 0 Å². The highest BCUT2D eigenvalue weighted by Crippen LogP contribution is 2.49. The minimum atomic E-state index is -4.61. The molecule has 1 atom stereocenters. The summed E-state index contributed by atoms with van der Waals surface area (Å²) in [5.41, 5.74) is 1.19. The Balaban J connectivity index is 1.95. The molecule has 3 nitrogen and oxygen atoms in total. The number of nitrogens with zero attached hydrogens (tertiary/aromatic N) is 1. The van der Waals surface area contributed by atoms with Crippen LogP contribution in [0.1, 0.15) is 55.7 Å². The van der Waals surface area contributed by atoms with Crippen LogP contribution in [0.3, 0.4) is 0 Å². The molecule has 0 bridgehead atoms. The van der Waals surface area contributed by atoms with E-state index in [9.17, 15) is 22.8 Å². The first-order valence-corrected chi connectivity index (χ1v) is 10.3. The van der Waals surface area contributed by atoms with Crippen molar-refractivity contribution in [2.75, 3.05) is 4.90 Å². The summed E-state index contributed by atoms with van der Waals surface area (Å²) in [6, 6.07) is 12.7. The Bertz CT molecular complexity index is 1100. The van der Waals surface area contributed by atoms with E-state index in [1.165, 1.54) is 18.2 Å². The number of carbonyl (C=O) groups is 2. The topological polar surface area (TPSA) is 37.4 Å². The lowest BCUT2D eigenvalue weighted by Crippen LogP contribution is -2.44. The minimum Gasteiger partial charge on any atom is -0.294 e. The van der Waals surface area contributed by atoms with Crippen molar-refractivity contribution in [3.63, 3.8) is 0 Å². The Kier molecular flexibility index (Phi) is 5.07. The number of rotatable bonds is 2. The Labute approximate surface area is 179 Å². The number of carbonyl (C=O) groups excluding carboxylic acids is 2. The highest BCUT2D eigenvalue weighted by atomic mass is 19.4. The molecule has 2 aromatic rings. The summed E-state index contributed by atoms with van der Waals surface area (Å²) in [5.74, 6) is -0.965. The van der Waals surface area contributed by atoms with Crippen LogP contribution in [0.5, 0.6) is 0 Å². The van der Waals surface area contributed by atoms with Crippen molar-refractivity contribution in [2.24, 2.45) is 5.41 Å². The predicted octanol–water partition coefficient (Wildman–Crippen LogP) is 6.18. The van der Waals surface area contributed by atoms with Gasteiger partial charge in [-0.1, -0.05) is 55.8 Å². The quantitative estimate of drug-likeness (QED) is 0.574. The van der Waals surface area contributed by atoms with Gasteiger partial charge in [0, 0.05) is 30.0 Å². The van der Waals surface area contributed by atoms with Crippen LogP contribution in [0, 0.1) is 12.3 Å². The van der Waals surface area contributed by atoms with Gasteiger partial charge in [-0.25, -0.2) is 0 Å².